The predicted molar refractivity (Wildman–Crippen MR) is 96.3 cm³/mol. The van der Waals surface area contributed by atoms with Crippen LogP contribution in [-0.2, 0) is 4.74 Å². The highest BCUT2D eigenvalue weighted by atomic mass is 35.5. The summed E-state index contributed by atoms with van der Waals surface area (Å²) < 4.78 is 25.0. The molecule has 2 saturated heterocycles. The standard InChI is InChI=1S/C18H20ClFN4O3/c1-11-21-16(27-23-11)13-9-24(10-18(13)4-6-26-7-5-18)17(25)22-15-3-2-12(19)8-14(15)20/h2-3,8,13H,4-7,9-10H2,1H3,(H,22,25)/t13-/m0/s1. The first kappa shape index (κ1) is 18.2. The Kier molecular flexibility index (Phi) is 4.77. The lowest BCUT2D eigenvalue weighted by Gasteiger charge is -2.36. The van der Waals surface area contributed by atoms with E-state index in [2.05, 4.69) is 15.5 Å². The molecule has 0 bridgehead atoms. The van der Waals surface area contributed by atoms with E-state index in [9.17, 15) is 9.18 Å². The highest BCUT2D eigenvalue weighted by molar-refractivity contribution is 6.30. The number of hydrogen-bond acceptors (Lipinski definition) is 5. The van der Waals surface area contributed by atoms with Crippen molar-refractivity contribution in [1.29, 1.82) is 0 Å². The van der Waals surface area contributed by atoms with Gasteiger partial charge < -0.3 is 19.5 Å². The number of amides is 2. The highest BCUT2D eigenvalue weighted by Gasteiger charge is 2.51. The number of carbonyl (C=O) groups excluding carboxylic acids is 1. The van der Waals surface area contributed by atoms with Crippen LogP contribution in [0.1, 0.15) is 30.5 Å². The summed E-state index contributed by atoms with van der Waals surface area (Å²) >= 11 is 5.77. The fourth-order valence-electron chi connectivity index (χ4n) is 3.99. The molecule has 3 heterocycles. The van der Waals surface area contributed by atoms with Gasteiger partial charge in [-0.05, 0) is 38.0 Å². The molecule has 1 spiro atoms. The van der Waals surface area contributed by atoms with Gasteiger partial charge in [0.05, 0.1) is 11.6 Å². The second-order valence-corrected chi connectivity index (χ2v) is 7.58. The number of likely N-dealkylation sites (tertiary alicyclic amines) is 1. The molecule has 144 valence electrons. The van der Waals surface area contributed by atoms with Crippen molar-refractivity contribution in [1.82, 2.24) is 15.0 Å². The number of nitrogens with one attached hydrogen (secondary N) is 1. The number of ether oxygens (including phenoxy) is 1. The monoisotopic (exact) mass is 394 g/mol. The van der Waals surface area contributed by atoms with E-state index in [1.165, 1.54) is 18.2 Å². The minimum absolute atomic E-state index is 0.0663. The van der Waals surface area contributed by atoms with Crippen molar-refractivity contribution in [2.45, 2.75) is 25.7 Å². The fraction of sp³-hybridized carbons (Fsp3) is 0.500. The van der Waals surface area contributed by atoms with Gasteiger partial charge in [0.25, 0.3) is 0 Å². The number of nitrogens with zero attached hydrogens (tertiary/aromatic N) is 3. The van der Waals surface area contributed by atoms with E-state index in [1.54, 1.807) is 11.8 Å². The van der Waals surface area contributed by atoms with Crippen molar-refractivity contribution >= 4 is 23.3 Å². The van der Waals surface area contributed by atoms with Crippen LogP contribution in [0.25, 0.3) is 0 Å². The first-order valence-corrected chi connectivity index (χ1v) is 9.24. The molecule has 2 aromatic rings. The third-order valence-electron chi connectivity index (χ3n) is 5.44. The topological polar surface area (TPSA) is 80.5 Å². The third-order valence-corrected chi connectivity index (χ3v) is 5.67. The Morgan fingerprint density at radius 2 is 2.19 bits per heavy atom. The zero-order valence-electron chi connectivity index (χ0n) is 14.9. The van der Waals surface area contributed by atoms with Crippen molar-refractivity contribution in [3.63, 3.8) is 0 Å². The van der Waals surface area contributed by atoms with Gasteiger partial charge in [-0.2, -0.15) is 4.98 Å². The van der Waals surface area contributed by atoms with Crippen LogP contribution >= 0.6 is 11.6 Å². The molecule has 2 aliphatic heterocycles. The Morgan fingerprint density at radius 3 is 2.85 bits per heavy atom. The average molecular weight is 395 g/mol. The van der Waals surface area contributed by atoms with Gasteiger partial charge in [0.2, 0.25) is 5.89 Å². The van der Waals surface area contributed by atoms with Crippen molar-refractivity contribution in [2.24, 2.45) is 5.41 Å². The van der Waals surface area contributed by atoms with Gasteiger partial charge in [-0.25, -0.2) is 9.18 Å². The lowest BCUT2D eigenvalue weighted by Crippen LogP contribution is -2.38. The molecule has 27 heavy (non-hydrogen) atoms. The Hall–Kier alpha value is -2.19. The molecule has 2 fully saturated rings. The predicted octanol–water partition coefficient (Wildman–Crippen LogP) is 3.60. The van der Waals surface area contributed by atoms with E-state index >= 15 is 0 Å². The zero-order chi connectivity index (χ0) is 19.0. The van der Waals surface area contributed by atoms with Crippen molar-refractivity contribution in [3.8, 4) is 0 Å². The molecule has 2 aliphatic rings. The van der Waals surface area contributed by atoms with Crippen LogP contribution < -0.4 is 5.32 Å². The fourth-order valence-corrected chi connectivity index (χ4v) is 4.15. The molecule has 0 radical (unpaired) electrons. The molecule has 2 amide bonds. The van der Waals surface area contributed by atoms with Crippen LogP contribution in [0.2, 0.25) is 5.02 Å². The van der Waals surface area contributed by atoms with Gasteiger partial charge in [0.1, 0.15) is 5.82 Å². The Balaban J connectivity index is 1.56. The number of halogens is 2. The van der Waals surface area contributed by atoms with Gasteiger partial charge in [-0.1, -0.05) is 16.8 Å². The Labute approximate surface area is 160 Å². The van der Waals surface area contributed by atoms with Gasteiger partial charge in [-0.15, -0.1) is 0 Å². The Morgan fingerprint density at radius 1 is 1.41 bits per heavy atom. The molecule has 1 aromatic heterocycles. The van der Waals surface area contributed by atoms with Crippen LogP contribution in [0.5, 0.6) is 0 Å². The number of aryl methyl sites for hydroxylation is 1. The number of benzene rings is 1. The molecule has 0 saturated carbocycles. The average Bonchev–Trinajstić information content (AvgIpc) is 3.22. The summed E-state index contributed by atoms with van der Waals surface area (Å²) in [7, 11) is 0. The number of carbonyl (C=O) groups is 1. The number of anilines is 1. The van der Waals surface area contributed by atoms with E-state index < -0.39 is 5.82 Å². The lowest BCUT2D eigenvalue weighted by molar-refractivity contribution is 0.00959. The second-order valence-electron chi connectivity index (χ2n) is 7.14. The smallest absolute Gasteiger partial charge is 0.321 e. The Bertz CT molecular complexity index is 853. The molecule has 9 heteroatoms. The molecular formula is C18H20ClFN4O3. The normalized spacial score (nSPS) is 21.6. The van der Waals surface area contributed by atoms with E-state index in [0.29, 0.717) is 38.0 Å². The SMILES string of the molecule is Cc1noc([C@@H]2CN(C(=O)Nc3ccc(Cl)cc3F)CC23CCOCC3)n1. The molecular weight excluding hydrogens is 375 g/mol. The van der Waals surface area contributed by atoms with Gasteiger partial charge >= 0.3 is 6.03 Å². The van der Waals surface area contributed by atoms with E-state index in [-0.39, 0.29) is 28.1 Å². The lowest BCUT2D eigenvalue weighted by atomic mass is 9.72. The van der Waals surface area contributed by atoms with Gasteiger partial charge in [0, 0.05) is 36.7 Å². The molecule has 7 nitrogen and oxygen atoms in total. The molecule has 1 N–H and O–H groups in total. The number of rotatable bonds is 2. The first-order chi connectivity index (χ1) is 13.0. The quantitative estimate of drug-likeness (QED) is 0.841. The van der Waals surface area contributed by atoms with Crippen LogP contribution in [0.4, 0.5) is 14.9 Å². The highest BCUT2D eigenvalue weighted by Crippen LogP contribution is 2.49. The molecule has 0 aliphatic carbocycles. The summed E-state index contributed by atoms with van der Waals surface area (Å²) in [6.45, 7) is 3.99. The van der Waals surface area contributed by atoms with Crippen LogP contribution in [0, 0.1) is 18.2 Å². The van der Waals surface area contributed by atoms with Gasteiger partial charge in [0.15, 0.2) is 5.82 Å². The van der Waals surface area contributed by atoms with E-state index in [0.717, 1.165) is 12.8 Å². The summed E-state index contributed by atoms with van der Waals surface area (Å²) in [5, 5.41) is 6.81. The number of aromatic nitrogens is 2. The summed E-state index contributed by atoms with van der Waals surface area (Å²) in [5.74, 6) is 0.476. The van der Waals surface area contributed by atoms with E-state index in [4.69, 9.17) is 20.9 Å². The van der Waals surface area contributed by atoms with Crippen molar-refractivity contribution in [2.75, 3.05) is 31.6 Å². The summed E-state index contributed by atoms with van der Waals surface area (Å²) in [4.78, 5) is 18.9. The van der Waals surface area contributed by atoms with Crippen LogP contribution in [0.3, 0.4) is 0 Å². The largest absolute Gasteiger partial charge is 0.381 e. The molecule has 1 atom stereocenters. The summed E-state index contributed by atoms with van der Waals surface area (Å²) in [6.07, 6.45) is 1.61. The van der Waals surface area contributed by atoms with Crippen molar-refractivity contribution < 1.29 is 18.4 Å². The molecule has 0 unspecified atom stereocenters. The number of urea groups is 1. The summed E-state index contributed by atoms with van der Waals surface area (Å²) in [6, 6.07) is 3.80. The van der Waals surface area contributed by atoms with E-state index in [1.807, 2.05) is 0 Å². The molecule has 4 rings (SSSR count). The third kappa shape index (κ3) is 3.51. The maximum absolute atomic E-state index is 14.0. The minimum Gasteiger partial charge on any atom is -0.381 e. The maximum Gasteiger partial charge on any atom is 0.321 e. The molecule has 1 aromatic carbocycles. The zero-order valence-corrected chi connectivity index (χ0v) is 15.6. The maximum atomic E-state index is 14.0. The summed E-state index contributed by atoms with van der Waals surface area (Å²) in [5.41, 5.74) is -0.0740. The van der Waals surface area contributed by atoms with Crippen LogP contribution in [0.15, 0.2) is 22.7 Å². The second kappa shape index (κ2) is 7.09. The minimum atomic E-state index is -0.570. The van der Waals surface area contributed by atoms with Gasteiger partial charge in [-0.3, -0.25) is 0 Å². The first-order valence-electron chi connectivity index (χ1n) is 8.86. The van der Waals surface area contributed by atoms with Crippen LogP contribution in [-0.4, -0.2) is 47.4 Å². The number of hydrogen-bond donors (Lipinski definition) is 1. The van der Waals surface area contributed by atoms with Crippen molar-refractivity contribution in [3.05, 3.63) is 40.8 Å².